The summed E-state index contributed by atoms with van der Waals surface area (Å²) in [5.74, 6) is 1.93. The van der Waals surface area contributed by atoms with Gasteiger partial charge in [0.15, 0.2) is 0 Å². The Hall–Kier alpha value is -2.12. The number of pyridine rings is 1. The fraction of sp³-hybridized carbons (Fsp3) is 0.421. The van der Waals surface area contributed by atoms with E-state index in [0.717, 1.165) is 50.8 Å². The van der Waals surface area contributed by atoms with Gasteiger partial charge in [0.25, 0.3) is 0 Å². The lowest BCUT2D eigenvalue weighted by atomic mass is 10.0. The maximum atomic E-state index is 11.2. The summed E-state index contributed by atoms with van der Waals surface area (Å²) in [5, 5.41) is 0. The minimum absolute atomic E-state index is 0.354. The van der Waals surface area contributed by atoms with Crippen LogP contribution in [0.5, 0.6) is 5.75 Å². The van der Waals surface area contributed by atoms with Crippen molar-refractivity contribution in [2.45, 2.75) is 24.3 Å². The van der Waals surface area contributed by atoms with E-state index < -0.39 is 10.6 Å². The fourth-order valence-corrected chi connectivity index (χ4v) is 4.00. The number of rotatable bonds is 4. The van der Waals surface area contributed by atoms with Crippen LogP contribution in [-0.4, -0.2) is 42.7 Å². The lowest BCUT2D eigenvalue weighted by molar-refractivity contribution is 0.198. The molecule has 0 amide bonds. The highest BCUT2D eigenvalue weighted by Gasteiger charge is 2.24. The first-order chi connectivity index (χ1) is 12.6. The molecule has 138 valence electrons. The average Bonchev–Trinajstić information content (AvgIpc) is 3.15. The molecule has 0 radical (unpaired) electrons. The lowest BCUT2D eigenvalue weighted by Gasteiger charge is -2.38. The fourth-order valence-electron chi connectivity index (χ4n) is 3.66. The van der Waals surface area contributed by atoms with Crippen LogP contribution in [-0.2, 0) is 21.2 Å². The normalized spacial score (nSPS) is 18.6. The van der Waals surface area contributed by atoms with Crippen molar-refractivity contribution in [1.82, 2.24) is 9.88 Å². The van der Waals surface area contributed by atoms with Crippen molar-refractivity contribution in [1.29, 1.82) is 4.78 Å². The molecule has 1 atom stereocenters. The molecule has 0 bridgehead atoms. The van der Waals surface area contributed by atoms with E-state index in [9.17, 15) is 4.21 Å². The van der Waals surface area contributed by atoms with Crippen molar-refractivity contribution >= 4 is 16.4 Å². The molecule has 3 heterocycles. The van der Waals surface area contributed by atoms with E-state index >= 15 is 0 Å². The number of anilines is 1. The van der Waals surface area contributed by atoms with Gasteiger partial charge in [0.1, 0.15) is 11.6 Å². The standard InChI is InChI=1S/C19H23N4O2S/c1-14(16-3-2-15-6-11-25-18(15)12-16)22-7-9-23(10-8-22)19-5-4-17(13-21-19)26(20)24/h2-5,12-14,20H,6-11H2,1H3/q-1. The summed E-state index contributed by atoms with van der Waals surface area (Å²) in [6.07, 6.45) is 2.56. The SMILES string of the molecule is CC(c1ccc2c(c1)OCC2)N1CCN(c2ccc([S-](=N)=O)cn2)CC1. The molecule has 0 saturated carbocycles. The largest absolute Gasteiger partial charge is 0.493 e. The first kappa shape index (κ1) is 17.3. The zero-order valence-corrected chi connectivity index (χ0v) is 15.7. The predicted molar refractivity (Wildman–Crippen MR) is 101 cm³/mol. The van der Waals surface area contributed by atoms with E-state index in [0.29, 0.717) is 10.9 Å². The molecule has 1 saturated heterocycles. The number of fused-ring (bicyclic) bond motifs is 1. The third-order valence-electron chi connectivity index (χ3n) is 5.32. The second-order valence-electron chi connectivity index (χ2n) is 6.79. The Bertz CT molecular complexity index is 850. The van der Waals surface area contributed by atoms with Gasteiger partial charge in [-0.2, -0.15) is 10.6 Å². The topological polar surface area (TPSA) is 69.5 Å². The lowest BCUT2D eigenvalue weighted by Crippen LogP contribution is -2.47. The average molecular weight is 371 g/mol. The van der Waals surface area contributed by atoms with Crippen LogP contribution in [0.3, 0.4) is 0 Å². The summed E-state index contributed by atoms with van der Waals surface area (Å²) in [6, 6.07) is 10.6. The van der Waals surface area contributed by atoms with E-state index in [-0.39, 0.29) is 0 Å². The van der Waals surface area contributed by atoms with Gasteiger partial charge in [-0.25, -0.2) is 4.98 Å². The molecule has 1 aromatic carbocycles. The number of piperazine rings is 1. The Labute approximate surface area is 155 Å². The number of hydrogen-bond acceptors (Lipinski definition) is 7. The zero-order valence-electron chi connectivity index (χ0n) is 14.9. The Balaban J connectivity index is 1.40. The maximum Gasteiger partial charge on any atom is 0.128 e. The molecule has 1 fully saturated rings. The summed E-state index contributed by atoms with van der Waals surface area (Å²) >= 11 is 0. The molecule has 2 aromatic rings. The van der Waals surface area contributed by atoms with Crippen LogP contribution >= 0.6 is 0 Å². The number of ether oxygens (including phenoxy) is 1. The molecule has 2 aliphatic rings. The number of hydrogen-bond donors (Lipinski definition) is 1. The molecule has 1 N–H and O–H groups in total. The third-order valence-corrected chi connectivity index (χ3v) is 5.99. The number of aromatic nitrogens is 1. The van der Waals surface area contributed by atoms with Gasteiger partial charge in [-0.1, -0.05) is 23.1 Å². The predicted octanol–water partition coefficient (Wildman–Crippen LogP) is 2.98. The first-order valence-corrected chi connectivity index (χ1v) is 10.1. The molecular formula is C19H23N4O2S-. The second kappa shape index (κ2) is 7.25. The van der Waals surface area contributed by atoms with Crippen molar-refractivity contribution in [2.75, 3.05) is 37.7 Å². The Kier molecular flexibility index (Phi) is 4.82. The minimum Gasteiger partial charge on any atom is -0.493 e. The molecule has 0 spiro atoms. The summed E-state index contributed by atoms with van der Waals surface area (Å²) < 4.78 is 24.1. The van der Waals surface area contributed by atoms with Crippen molar-refractivity contribution in [3.63, 3.8) is 0 Å². The molecule has 2 aliphatic heterocycles. The van der Waals surface area contributed by atoms with Gasteiger partial charge in [0, 0.05) is 44.8 Å². The molecule has 4 rings (SSSR count). The van der Waals surface area contributed by atoms with Crippen LogP contribution in [0.2, 0.25) is 0 Å². The van der Waals surface area contributed by atoms with E-state index in [1.165, 1.54) is 17.3 Å². The van der Waals surface area contributed by atoms with Gasteiger partial charge < -0.3 is 18.6 Å². The summed E-state index contributed by atoms with van der Waals surface area (Å²) in [5.41, 5.74) is 2.62. The Morgan fingerprint density at radius 2 is 2.00 bits per heavy atom. The smallest absolute Gasteiger partial charge is 0.128 e. The van der Waals surface area contributed by atoms with Gasteiger partial charge in [0.05, 0.1) is 6.61 Å². The van der Waals surface area contributed by atoms with Crippen LogP contribution in [0.15, 0.2) is 41.4 Å². The Morgan fingerprint density at radius 3 is 2.69 bits per heavy atom. The molecule has 1 aromatic heterocycles. The summed E-state index contributed by atoms with van der Waals surface area (Å²) in [4.78, 5) is 9.54. The van der Waals surface area contributed by atoms with Crippen molar-refractivity contribution in [3.05, 3.63) is 47.7 Å². The van der Waals surface area contributed by atoms with E-state index in [4.69, 9.17) is 9.52 Å². The van der Waals surface area contributed by atoms with Crippen molar-refractivity contribution < 1.29 is 8.95 Å². The highest BCUT2D eigenvalue weighted by molar-refractivity contribution is 7.73. The Morgan fingerprint density at radius 1 is 1.19 bits per heavy atom. The van der Waals surface area contributed by atoms with Gasteiger partial charge in [-0.3, -0.25) is 4.90 Å². The van der Waals surface area contributed by atoms with Crippen LogP contribution in [0, 0.1) is 4.78 Å². The number of nitrogens with zero attached hydrogens (tertiary/aromatic N) is 3. The van der Waals surface area contributed by atoms with Crippen molar-refractivity contribution in [2.24, 2.45) is 0 Å². The van der Waals surface area contributed by atoms with E-state index in [1.807, 2.05) is 6.07 Å². The van der Waals surface area contributed by atoms with Crippen LogP contribution in [0.25, 0.3) is 0 Å². The third kappa shape index (κ3) is 3.41. The van der Waals surface area contributed by atoms with Crippen LogP contribution in [0.4, 0.5) is 5.82 Å². The number of nitrogens with one attached hydrogen (secondary N) is 1. The van der Waals surface area contributed by atoms with E-state index in [1.54, 1.807) is 6.07 Å². The van der Waals surface area contributed by atoms with Gasteiger partial charge in [0.2, 0.25) is 0 Å². The van der Waals surface area contributed by atoms with E-state index in [2.05, 4.69) is 39.9 Å². The maximum absolute atomic E-state index is 11.2. The second-order valence-corrected chi connectivity index (χ2v) is 7.79. The molecule has 6 nitrogen and oxygen atoms in total. The van der Waals surface area contributed by atoms with Gasteiger partial charge in [-0.05, 0) is 30.2 Å². The highest BCUT2D eigenvalue weighted by atomic mass is 32.2. The summed E-state index contributed by atoms with van der Waals surface area (Å²) in [7, 11) is -1.72. The molecule has 0 aliphatic carbocycles. The molecular weight excluding hydrogens is 348 g/mol. The monoisotopic (exact) mass is 371 g/mol. The highest BCUT2D eigenvalue weighted by Crippen LogP contribution is 2.31. The van der Waals surface area contributed by atoms with Gasteiger partial charge in [-0.15, -0.1) is 0 Å². The minimum atomic E-state index is -1.72. The van der Waals surface area contributed by atoms with Crippen LogP contribution in [0.1, 0.15) is 24.1 Å². The zero-order chi connectivity index (χ0) is 18.1. The van der Waals surface area contributed by atoms with Crippen LogP contribution < -0.4 is 9.64 Å². The molecule has 1 unspecified atom stereocenters. The first-order valence-electron chi connectivity index (χ1n) is 8.95. The van der Waals surface area contributed by atoms with Crippen molar-refractivity contribution in [3.8, 4) is 5.75 Å². The summed E-state index contributed by atoms with van der Waals surface area (Å²) in [6.45, 7) is 6.79. The molecule has 7 heteroatoms. The molecule has 26 heavy (non-hydrogen) atoms. The quantitative estimate of drug-likeness (QED) is 0.837. The number of benzene rings is 1. The van der Waals surface area contributed by atoms with Gasteiger partial charge >= 0.3 is 0 Å².